The van der Waals surface area contributed by atoms with E-state index < -0.39 is 0 Å². The molecule has 29 heavy (non-hydrogen) atoms. The van der Waals surface area contributed by atoms with E-state index >= 15 is 0 Å². The maximum absolute atomic E-state index is 12.0. The Hall–Kier alpha value is -3.14. The SMILES string of the molecule is CNc1nc(Nc2ccc3cn[nH]c3c2)nc(N2CC3CC2CN3C(=O)CCl)n1. The third-order valence-corrected chi connectivity index (χ3v) is 5.71. The van der Waals surface area contributed by atoms with Crippen molar-refractivity contribution >= 4 is 51.9 Å². The monoisotopic (exact) mass is 413 g/mol. The van der Waals surface area contributed by atoms with Crippen LogP contribution in [-0.2, 0) is 4.79 Å². The molecule has 11 heteroatoms. The van der Waals surface area contributed by atoms with E-state index in [1.54, 1.807) is 13.2 Å². The zero-order chi connectivity index (χ0) is 20.0. The molecule has 2 bridgehead atoms. The third kappa shape index (κ3) is 3.19. The van der Waals surface area contributed by atoms with Gasteiger partial charge in [-0.2, -0.15) is 20.1 Å². The smallest absolute Gasteiger partial charge is 0.237 e. The minimum Gasteiger partial charge on any atom is -0.357 e. The average Bonchev–Trinajstić information content (AvgIpc) is 3.47. The number of nitrogens with zero attached hydrogens (tertiary/aromatic N) is 6. The van der Waals surface area contributed by atoms with Gasteiger partial charge in [-0.05, 0) is 24.6 Å². The quantitative estimate of drug-likeness (QED) is 0.540. The second kappa shape index (κ2) is 7.03. The van der Waals surface area contributed by atoms with Gasteiger partial charge in [0.15, 0.2) is 0 Å². The van der Waals surface area contributed by atoms with Gasteiger partial charge < -0.3 is 20.4 Å². The minimum atomic E-state index is -0.0121. The van der Waals surface area contributed by atoms with Crippen LogP contribution in [0.5, 0.6) is 0 Å². The van der Waals surface area contributed by atoms with Crippen LogP contribution < -0.4 is 15.5 Å². The van der Waals surface area contributed by atoms with Gasteiger partial charge in [0.1, 0.15) is 5.88 Å². The van der Waals surface area contributed by atoms with Crippen LogP contribution in [0, 0.1) is 0 Å². The molecule has 1 aromatic carbocycles. The zero-order valence-electron chi connectivity index (χ0n) is 15.8. The van der Waals surface area contributed by atoms with Gasteiger partial charge in [0.05, 0.1) is 23.8 Å². The van der Waals surface area contributed by atoms with Crippen LogP contribution in [0.25, 0.3) is 10.9 Å². The molecule has 2 aliphatic heterocycles. The number of aromatic amines is 1. The second-order valence-electron chi connectivity index (χ2n) is 7.21. The van der Waals surface area contributed by atoms with E-state index in [-0.39, 0.29) is 23.9 Å². The normalized spacial score (nSPS) is 20.5. The molecule has 2 atom stereocenters. The number of likely N-dealkylation sites (tertiary alicyclic amines) is 1. The topological polar surface area (TPSA) is 115 Å². The number of H-pyrrole nitrogens is 1. The highest BCUT2D eigenvalue weighted by molar-refractivity contribution is 6.27. The molecule has 0 aliphatic carbocycles. The molecule has 0 saturated carbocycles. The number of alkyl halides is 1. The Bertz CT molecular complexity index is 1070. The number of anilines is 4. The van der Waals surface area contributed by atoms with Crippen molar-refractivity contribution in [2.75, 3.05) is 41.6 Å². The van der Waals surface area contributed by atoms with E-state index in [0.717, 1.165) is 23.0 Å². The summed E-state index contributed by atoms with van der Waals surface area (Å²) in [5.41, 5.74) is 1.78. The summed E-state index contributed by atoms with van der Waals surface area (Å²) in [4.78, 5) is 29.6. The predicted octanol–water partition coefficient (Wildman–Crippen LogP) is 1.56. The number of carbonyl (C=O) groups excluding carboxylic acids is 1. The van der Waals surface area contributed by atoms with E-state index in [1.165, 1.54) is 0 Å². The summed E-state index contributed by atoms with van der Waals surface area (Å²) >= 11 is 5.73. The lowest BCUT2D eigenvalue weighted by molar-refractivity contribution is -0.129. The van der Waals surface area contributed by atoms with Crippen molar-refractivity contribution in [2.45, 2.75) is 18.5 Å². The number of nitrogens with one attached hydrogen (secondary N) is 3. The van der Waals surface area contributed by atoms with E-state index in [1.807, 2.05) is 23.1 Å². The largest absolute Gasteiger partial charge is 0.357 e. The van der Waals surface area contributed by atoms with Crippen molar-refractivity contribution < 1.29 is 4.79 Å². The Morgan fingerprint density at radius 1 is 1.24 bits per heavy atom. The molecule has 4 heterocycles. The van der Waals surface area contributed by atoms with Gasteiger partial charge in [0.2, 0.25) is 23.8 Å². The van der Waals surface area contributed by atoms with Crippen molar-refractivity contribution in [3.63, 3.8) is 0 Å². The van der Waals surface area contributed by atoms with Crippen LogP contribution in [-0.4, -0.2) is 74.1 Å². The van der Waals surface area contributed by atoms with E-state index in [0.29, 0.717) is 30.9 Å². The Morgan fingerprint density at radius 2 is 2.10 bits per heavy atom. The first-order valence-electron chi connectivity index (χ1n) is 9.40. The van der Waals surface area contributed by atoms with E-state index in [9.17, 15) is 4.79 Å². The number of piperazine rings is 1. The first-order valence-corrected chi connectivity index (χ1v) is 9.94. The van der Waals surface area contributed by atoms with Crippen molar-refractivity contribution in [2.24, 2.45) is 0 Å². The third-order valence-electron chi connectivity index (χ3n) is 5.48. The average molecular weight is 414 g/mol. The lowest BCUT2D eigenvalue weighted by atomic mass is 10.2. The van der Waals surface area contributed by atoms with Gasteiger partial charge in [-0.1, -0.05) is 0 Å². The van der Waals surface area contributed by atoms with Crippen LogP contribution in [0.1, 0.15) is 6.42 Å². The maximum atomic E-state index is 12.0. The van der Waals surface area contributed by atoms with Crippen LogP contribution in [0.3, 0.4) is 0 Å². The summed E-state index contributed by atoms with van der Waals surface area (Å²) in [5, 5.41) is 14.3. The Labute approximate surface area is 171 Å². The predicted molar refractivity (Wildman–Crippen MR) is 111 cm³/mol. The molecular formula is C18H20ClN9O. The van der Waals surface area contributed by atoms with Gasteiger partial charge in [-0.3, -0.25) is 9.89 Å². The number of aromatic nitrogens is 5. The zero-order valence-corrected chi connectivity index (χ0v) is 16.5. The molecule has 2 saturated heterocycles. The first kappa shape index (κ1) is 17.9. The van der Waals surface area contributed by atoms with E-state index in [4.69, 9.17) is 11.6 Å². The molecule has 150 valence electrons. The number of rotatable bonds is 5. The molecule has 0 radical (unpaired) electrons. The Morgan fingerprint density at radius 3 is 2.86 bits per heavy atom. The van der Waals surface area contributed by atoms with Crippen LogP contribution >= 0.6 is 11.6 Å². The summed E-state index contributed by atoms with van der Waals surface area (Å²) in [5.74, 6) is 1.54. The molecule has 2 unspecified atom stereocenters. The highest BCUT2D eigenvalue weighted by atomic mass is 35.5. The number of hydrogen-bond donors (Lipinski definition) is 3. The van der Waals surface area contributed by atoms with Crippen LogP contribution in [0.15, 0.2) is 24.4 Å². The minimum absolute atomic E-state index is 0.0121. The summed E-state index contributed by atoms with van der Waals surface area (Å²) in [6, 6.07) is 6.23. The summed E-state index contributed by atoms with van der Waals surface area (Å²) in [6.45, 7) is 1.34. The number of benzene rings is 1. The molecule has 2 fully saturated rings. The van der Waals surface area contributed by atoms with Gasteiger partial charge in [0.25, 0.3) is 0 Å². The fourth-order valence-corrected chi connectivity index (χ4v) is 4.25. The Kier molecular flexibility index (Phi) is 4.35. The standard InChI is InChI=1S/C18H20ClN9O/c1-20-16-23-17(22-11-3-2-10-7-21-26-14(10)4-11)25-18(24-16)28-9-12-5-13(28)8-27(12)15(29)6-19/h2-4,7,12-13H,5-6,8-9H2,1H3,(H,21,26)(H2,20,22,23,24,25). The number of amides is 1. The van der Waals surface area contributed by atoms with Gasteiger partial charge in [0, 0.05) is 31.2 Å². The summed E-state index contributed by atoms with van der Waals surface area (Å²) < 4.78 is 0. The molecule has 3 N–H and O–H groups in total. The summed E-state index contributed by atoms with van der Waals surface area (Å²) in [7, 11) is 1.77. The number of halogens is 1. The van der Waals surface area contributed by atoms with Crippen molar-refractivity contribution in [1.29, 1.82) is 0 Å². The molecular weight excluding hydrogens is 394 g/mol. The molecule has 10 nitrogen and oxygen atoms in total. The number of hydrogen-bond acceptors (Lipinski definition) is 8. The van der Waals surface area contributed by atoms with Gasteiger partial charge in [-0.15, -0.1) is 11.6 Å². The fourth-order valence-electron chi connectivity index (χ4n) is 4.10. The molecule has 2 aliphatic rings. The van der Waals surface area contributed by atoms with Crippen molar-refractivity contribution in [1.82, 2.24) is 30.0 Å². The molecule has 5 rings (SSSR count). The van der Waals surface area contributed by atoms with Crippen LogP contribution in [0.2, 0.25) is 0 Å². The van der Waals surface area contributed by atoms with Crippen molar-refractivity contribution in [3.05, 3.63) is 24.4 Å². The molecule has 0 spiro atoms. The molecule has 1 amide bonds. The highest BCUT2D eigenvalue weighted by Crippen LogP contribution is 2.34. The second-order valence-corrected chi connectivity index (χ2v) is 7.47. The molecule has 3 aromatic rings. The van der Waals surface area contributed by atoms with Crippen molar-refractivity contribution in [3.8, 4) is 0 Å². The Balaban J connectivity index is 1.40. The number of carbonyl (C=O) groups is 1. The van der Waals surface area contributed by atoms with Gasteiger partial charge in [-0.25, -0.2) is 0 Å². The maximum Gasteiger partial charge on any atom is 0.237 e. The van der Waals surface area contributed by atoms with E-state index in [2.05, 4.69) is 40.7 Å². The van der Waals surface area contributed by atoms with Crippen LogP contribution in [0.4, 0.5) is 23.5 Å². The first-order chi connectivity index (χ1) is 14.1. The highest BCUT2D eigenvalue weighted by Gasteiger charge is 2.46. The summed E-state index contributed by atoms with van der Waals surface area (Å²) in [6.07, 6.45) is 2.68. The fraction of sp³-hybridized carbons (Fsp3) is 0.389. The molecule has 2 aromatic heterocycles. The van der Waals surface area contributed by atoms with Gasteiger partial charge >= 0.3 is 0 Å². The number of fused-ring (bicyclic) bond motifs is 3. The lowest BCUT2D eigenvalue weighted by Gasteiger charge is -2.34. The lowest BCUT2D eigenvalue weighted by Crippen LogP contribution is -2.49.